The lowest BCUT2D eigenvalue weighted by molar-refractivity contribution is -0.0150. The van der Waals surface area contributed by atoms with Crippen LogP contribution in [0.5, 0.6) is 0 Å². The highest BCUT2D eigenvalue weighted by Crippen LogP contribution is 2.50. The summed E-state index contributed by atoms with van der Waals surface area (Å²) in [6.07, 6.45) is 4.51. The summed E-state index contributed by atoms with van der Waals surface area (Å²) >= 11 is 0. The van der Waals surface area contributed by atoms with Crippen LogP contribution in [0, 0.1) is 11.5 Å². The van der Waals surface area contributed by atoms with Crippen molar-refractivity contribution in [2.45, 2.75) is 147 Å². The Morgan fingerprint density at radius 3 is 2.00 bits per heavy atom. The van der Waals surface area contributed by atoms with Gasteiger partial charge in [0.15, 0.2) is 0 Å². The Labute approximate surface area is 212 Å². The highest BCUT2D eigenvalue weighted by Gasteiger charge is 2.58. The monoisotopic (exact) mass is 510 g/mol. The normalized spacial score (nSPS) is 36.6. The molecule has 0 amide bonds. The number of hydrogen-bond donors (Lipinski definition) is 1. The molecule has 7 atom stereocenters. The van der Waals surface area contributed by atoms with Crippen LogP contribution in [0.25, 0.3) is 0 Å². The van der Waals surface area contributed by atoms with Gasteiger partial charge in [0, 0.05) is 0 Å². The molecule has 0 aromatic carbocycles. The second-order valence-corrected chi connectivity index (χ2v) is 18.0. The molecule has 3 fully saturated rings. The molecule has 200 valence electrons. The van der Waals surface area contributed by atoms with E-state index < -0.39 is 31.5 Å². The number of aliphatic hydroxyl groups is 1. The van der Waals surface area contributed by atoms with E-state index in [9.17, 15) is 9.90 Å². The lowest BCUT2D eigenvalue weighted by Crippen LogP contribution is -2.28. The molecule has 7 nitrogen and oxygen atoms in total. The third kappa shape index (κ3) is 8.75. The summed E-state index contributed by atoms with van der Waals surface area (Å²) in [5, 5.41) is 10.2. The molecule has 3 aliphatic rings. The molecule has 2 unspecified atom stereocenters. The van der Waals surface area contributed by atoms with Gasteiger partial charge < -0.3 is 28.8 Å². The van der Waals surface area contributed by atoms with Gasteiger partial charge in [-0.05, 0) is 80.1 Å². The molecule has 0 aliphatic carbocycles. The van der Waals surface area contributed by atoms with Gasteiger partial charge in [-0.15, -0.1) is 5.54 Å². The summed E-state index contributed by atoms with van der Waals surface area (Å²) < 4.78 is 28.3. The number of carbonyl (C=O) groups excluding carboxylic acids is 1. The molecule has 3 rings (SSSR count). The summed E-state index contributed by atoms with van der Waals surface area (Å²) in [6, 6.07) is 0. The van der Waals surface area contributed by atoms with Crippen LogP contribution in [-0.4, -0.2) is 72.8 Å². The van der Waals surface area contributed by atoms with Crippen LogP contribution in [0.3, 0.4) is 0 Å². The Hall–Kier alpha value is -1.11. The zero-order valence-electron chi connectivity index (χ0n) is 23.2. The summed E-state index contributed by atoms with van der Waals surface area (Å²) in [5.41, 5.74) is 1.97. The van der Waals surface area contributed by atoms with Gasteiger partial charge in [-0.1, -0.05) is 25.6 Å². The van der Waals surface area contributed by atoms with Crippen LogP contribution in [0.15, 0.2) is 0 Å². The fourth-order valence-corrected chi connectivity index (χ4v) is 5.13. The van der Waals surface area contributed by atoms with Gasteiger partial charge in [-0.2, -0.15) is 0 Å². The van der Waals surface area contributed by atoms with Gasteiger partial charge in [0.25, 0.3) is 0 Å². The molecular formula is C27H46O7Si. The zero-order chi connectivity index (χ0) is 26.3. The molecule has 0 saturated carbocycles. The minimum absolute atomic E-state index is 0.0668. The van der Waals surface area contributed by atoms with Crippen molar-refractivity contribution in [1.29, 1.82) is 0 Å². The minimum atomic E-state index is -1.46. The predicted molar refractivity (Wildman–Crippen MR) is 137 cm³/mol. The lowest BCUT2D eigenvalue weighted by Gasteiger charge is -2.19. The predicted octanol–water partition coefficient (Wildman–Crippen LogP) is 4.99. The van der Waals surface area contributed by atoms with Gasteiger partial charge in [-0.3, -0.25) is 0 Å². The maximum Gasteiger partial charge on any atom is 0.508 e. The molecule has 0 aromatic heterocycles. The van der Waals surface area contributed by atoms with Crippen LogP contribution < -0.4 is 0 Å². The minimum Gasteiger partial charge on any atom is -0.431 e. The first-order chi connectivity index (χ1) is 15.9. The van der Waals surface area contributed by atoms with Gasteiger partial charge >= 0.3 is 6.16 Å². The first-order valence-electron chi connectivity index (χ1n) is 13.0. The van der Waals surface area contributed by atoms with Gasteiger partial charge in [0.1, 0.15) is 32.0 Å². The van der Waals surface area contributed by atoms with Crippen molar-refractivity contribution in [2.75, 3.05) is 6.61 Å². The number of rotatable bonds is 11. The van der Waals surface area contributed by atoms with E-state index in [0.717, 1.165) is 32.1 Å². The molecular weight excluding hydrogens is 464 g/mol. The van der Waals surface area contributed by atoms with Crippen molar-refractivity contribution >= 4 is 14.2 Å². The van der Waals surface area contributed by atoms with E-state index in [0.29, 0.717) is 6.42 Å². The third-order valence-corrected chi connectivity index (χ3v) is 7.99. The van der Waals surface area contributed by atoms with Crippen molar-refractivity contribution in [2.24, 2.45) is 0 Å². The Balaban J connectivity index is 1.29. The third-order valence-electron chi connectivity index (χ3n) is 7.09. The van der Waals surface area contributed by atoms with Crippen molar-refractivity contribution in [3.63, 3.8) is 0 Å². The van der Waals surface area contributed by atoms with E-state index in [1.807, 2.05) is 27.7 Å². The standard InChI is InChI=1S/C27H46O7Si/c1-24(2,3)34-23(29)30-18-27(6)22(33-27)13-16-26(5)21(32-26)11-10-20-25(4,31-20)15-12-19(28)14-17-35(7,8)9/h19-22,28H,10-13,15-16,18H2,1-9H3/t19?,20-,21-,22+,25?,26-,27+/m1/s1. The number of ether oxygens (including phenoxy) is 5. The topological polar surface area (TPSA) is 93.4 Å². The fraction of sp³-hybridized carbons (Fsp3) is 0.889. The number of aliphatic hydroxyl groups excluding tert-OH is 1. The lowest BCUT2D eigenvalue weighted by atomic mass is 9.92. The second kappa shape index (κ2) is 9.98. The second-order valence-electron chi connectivity index (χ2n) is 13.2. The quantitative estimate of drug-likeness (QED) is 0.181. The van der Waals surface area contributed by atoms with E-state index in [4.69, 9.17) is 23.7 Å². The van der Waals surface area contributed by atoms with Crippen LogP contribution in [-0.2, 0) is 23.7 Å². The van der Waals surface area contributed by atoms with E-state index in [1.165, 1.54) is 0 Å². The Bertz CT molecular complexity index is 837. The van der Waals surface area contributed by atoms with Crippen molar-refractivity contribution in [1.82, 2.24) is 0 Å². The Morgan fingerprint density at radius 2 is 1.46 bits per heavy atom. The number of epoxide rings is 3. The van der Waals surface area contributed by atoms with Crippen molar-refractivity contribution in [3.05, 3.63) is 0 Å². The van der Waals surface area contributed by atoms with Crippen LogP contribution in [0.1, 0.15) is 80.1 Å². The first-order valence-corrected chi connectivity index (χ1v) is 16.5. The molecule has 0 aromatic rings. The van der Waals surface area contributed by atoms with Crippen LogP contribution in [0.4, 0.5) is 4.79 Å². The van der Waals surface area contributed by atoms with Gasteiger partial charge in [-0.25, -0.2) is 4.79 Å². The molecule has 0 spiro atoms. The van der Waals surface area contributed by atoms with Crippen molar-refractivity contribution < 1.29 is 33.6 Å². The largest absolute Gasteiger partial charge is 0.508 e. The maximum absolute atomic E-state index is 11.8. The molecule has 0 bridgehead atoms. The summed E-state index contributed by atoms with van der Waals surface area (Å²) in [6.45, 7) is 18.4. The molecule has 1 N–H and O–H groups in total. The SMILES string of the molecule is CC(C)(C)OC(=O)OC[C@]1(C)O[C@H]1CC[C@@]1(C)O[C@@H]1CC[C@H]1OC1(C)CCC(O)C#C[Si](C)(C)C. The highest BCUT2D eigenvalue weighted by atomic mass is 28.3. The first kappa shape index (κ1) is 28.5. The van der Waals surface area contributed by atoms with E-state index >= 15 is 0 Å². The van der Waals surface area contributed by atoms with Gasteiger partial charge in [0.05, 0.1) is 29.5 Å². The maximum atomic E-state index is 11.8. The smallest absolute Gasteiger partial charge is 0.431 e. The van der Waals surface area contributed by atoms with E-state index in [-0.39, 0.29) is 36.1 Å². The molecule has 3 heterocycles. The molecule has 0 radical (unpaired) electrons. The Morgan fingerprint density at radius 1 is 0.943 bits per heavy atom. The van der Waals surface area contributed by atoms with E-state index in [2.05, 4.69) is 45.0 Å². The zero-order valence-corrected chi connectivity index (χ0v) is 24.2. The number of carbonyl (C=O) groups is 1. The molecule has 8 heteroatoms. The van der Waals surface area contributed by atoms with Gasteiger partial charge in [0.2, 0.25) is 0 Å². The summed E-state index contributed by atoms with van der Waals surface area (Å²) in [5.74, 6) is 3.02. The highest BCUT2D eigenvalue weighted by molar-refractivity contribution is 6.83. The number of hydrogen-bond acceptors (Lipinski definition) is 7. The molecule has 3 aliphatic heterocycles. The van der Waals surface area contributed by atoms with Crippen LogP contribution >= 0.6 is 0 Å². The average Bonchev–Trinajstić information content (AvgIpc) is 3.64. The van der Waals surface area contributed by atoms with Crippen molar-refractivity contribution in [3.8, 4) is 11.5 Å². The summed E-state index contributed by atoms with van der Waals surface area (Å²) in [7, 11) is -1.46. The van der Waals surface area contributed by atoms with E-state index in [1.54, 1.807) is 0 Å². The molecule has 3 saturated heterocycles. The summed E-state index contributed by atoms with van der Waals surface area (Å²) in [4.78, 5) is 11.8. The Kier molecular flexibility index (Phi) is 8.11. The van der Waals surface area contributed by atoms with Crippen LogP contribution in [0.2, 0.25) is 19.6 Å². The molecule has 35 heavy (non-hydrogen) atoms. The average molecular weight is 511 g/mol. The fourth-order valence-electron chi connectivity index (χ4n) is 4.53.